The largest absolute Gasteiger partial charge is 0.374 e. The van der Waals surface area contributed by atoms with E-state index in [0.717, 1.165) is 31.2 Å². The Morgan fingerprint density at radius 3 is 2.68 bits per heavy atom. The first-order chi connectivity index (χ1) is 9.21. The molecule has 1 aliphatic carbocycles. The van der Waals surface area contributed by atoms with E-state index >= 15 is 0 Å². The molecule has 1 saturated carbocycles. The first kappa shape index (κ1) is 14.0. The Morgan fingerprint density at radius 2 is 2.05 bits per heavy atom. The van der Waals surface area contributed by atoms with Crippen LogP contribution < -0.4 is 5.32 Å². The molecule has 1 N–H and O–H groups in total. The second kappa shape index (κ2) is 6.65. The van der Waals surface area contributed by atoms with Gasteiger partial charge in [-0.25, -0.2) is 4.39 Å². The molecule has 1 aliphatic rings. The lowest BCUT2D eigenvalue weighted by Gasteiger charge is -2.28. The van der Waals surface area contributed by atoms with Crippen molar-refractivity contribution in [2.45, 2.75) is 44.4 Å². The Labute approximate surface area is 113 Å². The zero-order valence-corrected chi connectivity index (χ0v) is 11.2. The van der Waals surface area contributed by atoms with E-state index in [0.29, 0.717) is 18.2 Å². The molecule has 4 heteroatoms. The van der Waals surface area contributed by atoms with Crippen LogP contribution >= 0.6 is 0 Å². The molecular weight excluding hydrogens is 243 g/mol. The first-order valence-corrected chi connectivity index (χ1v) is 6.69. The highest BCUT2D eigenvalue weighted by atomic mass is 19.1. The van der Waals surface area contributed by atoms with Gasteiger partial charge < -0.3 is 10.1 Å². The first-order valence-electron chi connectivity index (χ1n) is 6.69. The predicted molar refractivity (Wildman–Crippen MR) is 71.0 cm³/mol. The lowest BCUT2D eigenvalue weighted by Crippen LogP contribution is -2.32. The van der Waals surface area contributed by atoms with Gasteiger partial charge in [0.25, 0.3) is 0 Å². The van der Waals surface area contributed by atoms with Crippen molar-refractivity contribution in [1.29, 1.82) is 5.26 Å². The van der Waals surface area contributed by atoms with Crippen LogP contribution in [-0.2, 0) is 11.3 Å². The molecule has 2 rings (SSSR count). The monoisotopic (exact) mass is 262 g/mol. The maximum Gasteiger partial charge on any atom is 0.124 e. The minimum absolute atomic E-state index is 0.249. The number of nitrogens with one attached hydrogen (secondary N) is 1. The topological polar surface area (TPSA) is 45.0 Å². The third-order valence-corrected chi connectivity index (χ3v) is 3.65. The highest BCUT2D eigenvalue weighted by Crippen LogP contribution is 2.22. The smallest absolute Gasteiger partial charge is 0.124 e. The van der Waals surface area contributed by atoms with Gasteiger partial charge in [-0.1, -0.05) is 0 Å². The molecule has 0 unspecified atom stereocenters. The second-order valence-electron chi connectivity index (χ2n) is 5.03. The summed E-state index contributed by atoms with van der Waals surface area (Å²) in [4.78, 5) is 0. The van der Waals surface area contributed by atoms with Gasteiger partial charge >= 0.3 is 0 Å². The summed E-state index contributed by atoms with van der Waals surface area (Å²) in [6, 6.07) is 6.90. The van der Waals surface area contributed by atoms with Crippen LogP contribution in [0.25, 0.3) is 0 Å². The molecule has 0 saturated heterocycles. The third kappa shape index (κ3) is 4.02. The van der Waals surface area contributed by atoms with E-state index in [1.54, 1.807) is 6.07 Å². The van der Waals surface area contributed by atoms with E-state index in [2.05, 4.69) is 5.32 Å². The van der Waals surface area contributed by atoms with E-state index in [4.69, 9.17) is 10.00 Å². The summed E-state index contributed by atoms with van der Waals surface area (Å²) >= 11 is 0. The van der Waals surface area contributed by atoms with Crippen LogP contribution in [0, 0.1) is 17.1 Å². The van der Waals surface area contributed by atoms with Crippen LogP contribution in [0.5, 0.6) is 0 Å². The average Bonchev–Trinajstić information content (AvgIpc) is 2.45. The van der Waals surface area contributed by atoms with Crippen LogP contribution in [0.1, 0.15) is 36.8 Å². The molecule has 3 nitrogen and oxygen atoms in total. The van der Waals surface area contributed by atoms with Gasteiger partial charge in [-0.2, -0.15) is 5.26 Å². The van der Waals surface area contributed by atoms with Crippen molar-refractivity contribution >= 4 is 0 Å². The maximum atomic E-state index is 13.3. The van der Waals surface area contributed by atoms with Crippen LogP contribution in [0.3, 0.4) is 0 Å². The summed E-state index contributed by atoms with van der Waals surface area (Å²) in [6.07, 6.45) is 4.55. The van der Waals surface area contributed by atoms with Gasteiger partial charge in [0.1, 0.15) is 5.82 Å². The molecule has 19 heavy (non-hydrogen) atoms. The van der Waals surface area contributed by atoms with Crippen molar-refractivity contribution in [3.63, 3.8) is 0 Å². The van der Waals surface area contributed by atoms with Crippen molar-refractivity contribution in [1.82, 2.24) is 5.32 Å². The zero-order chi connectivity index (χ0) is 13.7. The minimum Gasteiger partial charge on any atom is -0.374 e. The molecule has 0 atom stereocenters. The van der Waals surface area contributed by atoms with E-state index in [9.17, 15) is 4.39 Å². The van der Waals surface area contributed by atoms with E-state index < -0.39 is 0 Å². The number of benzene rings is 1. The van der Waals surface area contributed by atoms with Crippen molar-refractivity contribution in [2.75, 3.05) is 7.05 Å². The Kier molecular flexibility index (Phi) is 4.89. The lowest BCUT2D eigenvalue weighted by molar-refractivity contribution is 0.0117. The van der Waals surface area contributed by atoms with Gasteiger partial charge in [0.05, 0.1) is 24.3 Å². The van der Waals surface area contributed by atoms with Crippen molar-refractivity contribution in [3.05, 3.63) is 35.1 Å². The van der Waals surface area contributed by atoms with Crippen LogP contribution in [0.15, 0.2) is 18.2 Å². The summed E-state index contributed by atoms with van der Waals surface area (Å²) in [5.74, 6) is -0.378. The maximum absolute atomic E-state index is 13.3. The molecule has 1 aromatic carbocycles. The number of ether oxygens (including phenoxy) is 1. The fraction of sp³-hybridized carbons (Fsp3) is 0.533. The fourth-order valence-electron chi connectivity index (χ4n) is 2.53. The van der Waals surface area contributed by atoms with Gasteiger partial charge in [-0.05, 0) is 56.5 Å². The SMILES string of the molecule is CNC1CCC(OCc2cc(F)cc(C#N)c2)CC1. The van der Waals surface area contributed by atoms with Crippen molar-refractivity contribution in [2.24, 2.45) is 0 Å². The summed E-state index contributed by atoms with van der Waals surface area (Å²) in [5, 5.41) is 12.1. The molecule has 0 spiro atoms. The molecular formula is C15H19FN2O. The molecule has 0 amide bonds. The van der Waals surface area contributed by atoms with Crippen molar-refractivity contribution in [3.8, 4) is 6.07 Å². The van der Waals surface area contributed by atoms with E-state index in [1.807, 2.05) is 13.1 Å². The van der Waals surface area contributed by atoms with Crippen LogP contribution in [0.4, 0.5) is 4.39 Å². The fourth-order valence-corrected chi connectivity index (χ4v) is 2.53. The predicted octanol–water partition coefficient (Wildman–Crippen LogP) is 2.74. The highest BCUT2D eigenvalue weighted by Gasteiger charge is 2.20. The summed E-state index contributed by atoms with van der Waals surface area (Å²) in [6.45, 7) is 0.376. The number of hydrogen-bond donors (Lipinski definition) is 1. The van der Waals surface area contributed by atoms with Gasteiger partial charge in [0.15, 0.2) is 0 Å². The summed E-state index contributed by atoms with van der Waals surface area (Å²) in [5.41, 5.74) is 1.07. The van der Waals surface area contributed by atoms with Crippen molar-refractivity contribution < 1.29 is 9.13 Å². The average molecular weight is 262 g/mol. The Morgan fingerprint density at radius 1 is 1.32 bits per heavy atom. The van der Waals surface area contributed by atoms with Gasteiger partial charge in [-0.15, -0.1) is 0 Å². The Bertz CT molecular complexity index is 462. The van der Waals surface area contributed by atoms with Gasteiger partial charge in [0, 0.05) is 6.04 Å². The molecule has 0 aromatic heterocycles. The number of hydrogen-bond acceptors (Lipinski definition) is 3. The van der Waals surface area contributed by atoms with E-state index in [1.165, 1.54) is 12.1 Å². The van der Waals surface area contributed by atoms with E-state index in [-0.39, 0.29) is 11.9 Å². The summed E-state index contributed by atoms with van der Waals surface area (Å²) < 4.78 is 19.1. The number of halogens is 1. The zero-order valence-electron chi connectivity index (χ0n) is 11.2. The standard InChI is InChI=1S/C15H19FN2O/c1-18-14-2-4-15(5-3-14)19-10-12-6-11(9-17)7-13(16)8-12/h6-8,14-15,18H,2-5,10H2,1H3. The number of nitriles is 1. The second-order valence-corrected chi connectivity index (χ2v) is 5.03. The molecule has 0 radical (unpaired) electrons. The van der Waals surface area contributed by atoms with Crippen LogP contribution in [0.2, 0.25) is 0 Å². The Hall–Kier alpha value is -1.44. The quantitative estimate of drug-likeness (QED) is 0.907. The normalized spacial score (nSPS) is 23.0. The number of rotatable bonds is 4. The molecule has 102 valence electrons. The molecule has 0 heterocycles. The third-order valence-electron chi connectivity index (χ3n) is 3.65. The molecule has 0 bridgehead atoms. The molecule has 0 aliphatic heterocycles. The summed E-state index contributed by atoms with van der Waals surface area (Å²) in [7, 11) is 1.99. The minimum atomic E-state index is -0.378. The molecule has 1 aromatic rings. The lowest BCUT2D eigenvalue weighted by atomic mass is 9.93. The number of nitrogens with zero attached hydrogens (tertiary/aromatic N) is 1. The van der Waals surface area contributed by atoms with Crippen LogP contribution in [-0.4, -0.2) is 19.2 Å². The molecule has 1 fully saturated rings. The highest BCUT2D eigenvalue weighted by molar-refractivity contribution is 5.33. The van der Waals surface area contributed by atoms with Gasteiger partial charge in [-0.3, -0.25) is 0 Å². The van der Waals surface area contributed by atoms with Gasteiger partial charge in [0.2, 0.25) is 0 Å². The Balaban J connectivity index is 1.86.